The quantitative estimate of drug-likeness (QED) is 0.0367. The number of carbonyl (C=O) groups excluding carboxylic acids is 6. The number of hydrogen-bond acceptors (Lipinski definition) is 11. The molecule has 17 heteroatoms. The first-order valence-corrected chi connectivity index (χ1v) is 17.0. The van der Waals surface area contributed by atoms with Crippen molar-refractivity contribution in [3.8, 4) is 0 Å². The molecule has 0 bridgehead atoms. The molecular formula is C32H49N9O7S. The summed E-state index contributed by atoms with van der Waals surface area (Å²) in [6.07, 6.45) is 1.92. The van der Waals surface area contributed by atoms with E-state index in [1.54, 1.807) is 18.2 Å². The Bertz CT molecular complexity index is 1510. The molecule has 2 aromatic rings. The van der Waals surface area contributed by atoms with Gasteiger partial charge in [0.1, 0.15) is 18.1 Å². The van der Waals surface area contributed by atoms with Gasteiger partial charge < -0.3 is 43.6 Å². The molecule has 1 aromatic carbocycles. The van der Waals surface area contributed by atoms with Gasteiger partial charge in [-0.3, -0.25) is 33.8 Å². The van der Waals surface area contributed by atoms with Crippen molar-refractivity contribution < 1.29 is 33.9 Å². The molecule has 0 aliphatic rings. The van der Waals surface area contributed by atoms with Gasteiger partial charge >= 0.3 is 0 Å². The lowest BCUT2D eigenvalue weighted by molar-refractivity contribution is -0.134. The number of fused-ring (bicyclic) bond motifs is 1. The molecule has 2 rings (SSSR count). The van der Waals surface area contributed by atoms with Crippen LogP contribution in [-0.2, 0) is 19.2 Å². The summed E-state index contributed by atoms with van der Waals surface area (Å²) in [4.78, 5) is 85.8. The third-order valence-corrected chi connectivity index (χ3v) is 8.41. The van der Waals surface area contributed by atoms with Crippen LogP contribution in [0.25, 0.3) is 10.2 Å². The lowest BCUT2D eigenvalue weighted by atomic mass is 10.00. The van der Waals surface area contributed by atoms with Crippen LogP contribution in [0.5, 0.6) is 0 Å². The Balaban J connectivity index is 2.34. The summed E-state index contributed by atoms with van der Waals surface area (Å²) in [5.41, 5.74) is 17.5. The van der Waals surface area contributed by atoms with Gasteiger partial charge in [-0.2, -0.15) is 0 Å². The maximum absolute atomic E-state index is 13.8. The van der Waals surface area contributed by atoms with E-state index in [1.165, 1.54) is 13.8 Å². The number of nitrogens with two attached hydrogens (primary N) is 3. The molecular weight excluding hydrogens is 654 g/mol. The second kappa shape index (κ2) is 20.1. The number of nitrogens with zero attached hydrogens (tertiary/aromatic N) is 2. The molecule has 4 atom stereocenters. The van der Waals surface area contributed by atoms with E-state index < -0.39 is 60.2 Å². The van der Waals surface area contributed by atoms with Gasteiger partial charge in [0.05, 0.1) is 22.9 Å². The van der Waals surface area contributed by atoms with Gasteiger partial charge in [0.15, 0.2) is 16.8 Å². The fourth-order valence-corrected chi connectivity index (χ4v) is 5.89. The van der Waals surface area contributed by atoms with Crippen molar-refractivity contribution in [3.63, 3.8) is 0 Å². The van der Waals surface area contributed by atoms with Crippen molar-refractivity contribution in [1.29, 1.82) is 0 Å². The van der Waals surface area contributed by atoms with Crippen LogP contribution in [-0.4, -0.2) is 95.1 Å². The highest BCUT2D eigenvalue weighted by molar-refractivity contribution is 7.20. The highest BCUT2D eigenvalue weighted by Gasteiger charge is 2.32. The van der Waals surface area contributed by atoms with E-state index in [2.05, 4.69) is 31.2 Å². The van der Waals surface area contributed by atoms with Gasteiger partial charge in [-0.05, 0) is 76.1 Å². The maximum Gasteiger partial charge on any atom is 0.245 e. The Morgan fingerprint density at radius 3 is 2.06 bits per heavy atom. The molecule has 0 radical (unpaired) electrons. The molecule has 0 fully saturated rings. The summed E-state index contributed by atoms with van der Waals surface area (Å²) in [7, 11) is 0. The third-order valence-electron chi connectivity index (χ3n) is 7.38. The molecule has 270 valence electrons. The highest BCUT2D eigenvalue weighted by atomic mass is 32.1. The predicted molar refractivity (Wildman–Crippen MR) is 187 cm³/mol. The fraction of sp³-hybridized carbons (Fsp3) is 0.562. The normalized spacial score (nSPS) is 13.5. The van der Waals surface area contributed by atoms with Crippen LogP contribution >= 0.6 is 11.3 Å². The summed E-state index contributed by atoms with van der Waals surface area (Å²) in [6, 6.07) is 0.414. The molecule has 49 heavy (non-hydrogen) atoms. The SMILES string of the molecule is CC(=O)N[C@@H](CO)C(=O)N[C@@H](CCCCN)C(=O)N[C@@H](CC(C)C)C(=O)N[C@@H](CCCN=C(N)N)C(=O)c1nc2ccc(C(C)=O)cc2s1. The van der Waals surface area contributed by atoms with Gasteiger partial charge in [0.2, 0.25) is 29.4 Å². The smallest absolute Gasteiger partial charge is 0.245 e. The van der Waals surface area contributed by atoms with E-state index in [-0.39, 0.29) is 48.5 Å². The standard InChI is InChI=1S/C32H49N9O7S/c1-17(2)14-24(40-28(46)23(8-5-6-12-33)39-30(48)25(16-42)37-19(4)44)29(47)38-22(9-7-13-36-32(34)35)27(45)31-41-21-11-10-20(18(3)43)15-26(21)49-31/h10-11,15,17,22-25,42H,5-9,12-14,16,33H2,1-4H3,(H,37,44)(H,38,47)(H,39,48)(H,40,46)(H4,34,35,36)/t22-,23-,24-,25-/m0/s1. The molecule has 16 nitrogen and oxygen atoms in total. The van der Waals surface area contributed by atoms with Crippen molar-refractivity contribution >= 4 is 62.7 Å². The second-order valence-electron chi connectivity index (χ2n) is 12.1. The van der Waals surface area contributed by atoms with E-state index in [1.807, 2.05) is 13.8 Å². The first kappa shape index (κ1) is 40.7. The zero-order valence-electron chi connectivity index (χ0n) is 28.4. The van der Waals surface area contributed by atoms with Gasteiger partial charge in [-0.25, -0.2) is 4.98 Å². The number of aliphatic hydroxyl groups excluding tert-OH is 1. The minimum Gasteiger partial charge on any atom is -0.394 e. The fourth-order valence-electron chi connectivity index (χ4n) is 4.89. The van der Waals surface area contributed by atoms with Crippen molar-refractivity contribution in [3.05, 3.63) is 28.8 Å². The van der Waals surface area contributed by atoms with Gasteiger partial charge in [-0.15, -0.1) is 11.3 Å². The van der Waals surface area contributed by atoms with Crippen molar-refractivity contribution in [2.24, 2.45) is 28.1 Å². The average Bonchev–Trinajstić information content (AvgIpc) is 3.47. The topological polar surface area (TPSA) is 274 Å². The van der Waals surface area contributed by atoms with Gasteiger partial charge in [0.25, 0.3) is 0 Å². The summed E-state index contributed by atoms with van der Waals surface area (Å²) < 4.78 is 0.635. The Hall–Kier alpha value is -4.48. The molecule has 1 heterocycles. The van der Waals surface area contributed by atoms with Crippen LogP contribution in [0.4, 0.5) is 0 Å². The van der Waals surface area contributed by atoms with Crippen molar-refractivity contribution in [2.75, 3.05) is 19.7 Å². The van der Waals surface area contributed by atoms with Crippen LogP contribution in [0.1, 0.15) is 86.4 Å². The number of benzene rings is 1. The minimum absolute atomic E-state index is 0.0596. The lowest BCUT2D eigenvalue weighted by Crippen LogP contribution is -2.58. The zero-order chi connectivity index (χ0) is 36.7. The van der Waals surface area contributed by atoms with E-state index >= 15 is 0 Å². The number of aliphatic hydroxyl groups is 1. The van der Waals surface area contributed by atoms with E-state index in [0.29, 0.717) is 41.6 Å². The van der Waals surface area contributed by atoms with Crippen LogP contribution in [0.3, 0.4) is 0 Å². The number of ketones is 2. The second-order valence-corrected chi connectivity index (χ2v) is 13.1. The Labute approximate surface area is 289 Å². The number of nitrogens with one attached hydrogen (secondary N) is 4. The van der Waals surface area contributed by atoms with E-state index in [0.717, 1.165) is 11.3 Å². The van der Waals surface area contributed by atoms with Gasteiger partial charge in [0, 0.05) is 19.0 Å². The molecule has 11 N–H and O–H groups in total. The van der Waals surface area contributed by atoms with Crippen LogP contribution in [0.2, 0.25) is 0 Å². The number of rotatable bonds is 21. The molecule has 0 aliphatic carbocycles. The number of hydrogen-bond donors (Lipinski definition) is 8. The van der Waals surface area contributed by atoms with E-state index in [9.17, 15) is 33.9 Å². The maximum atomic E-state index is 13.8. The summed E-state index contributed by atoms with van der Waals surface area (Å²) >= 11 is 1.10. The van der Waals surface area contributed by atoms with Crippen molar-refractivity contribution in [2.45, 2.75) is 90.4 Å². The molecule has 0 unspecified atom stereocenters. The van der Waals surface area contributed by atoms with Gasteiger partial charge in [-0.1, -0.05) is 13.8 Å². The molecule has 0 saturated heterocycles. The molecule has 4 amide bonds. The lowest BCUT2D eigenvalue weighted by Gasteiger charge is -2.27. The summed E-state index contributed by atoms with van der Waals surface area (Å²) in [5, 5.41) is 20.1. The molecule has 0 spiro atoms. The number of aromatic nitrogens is 1. The number of amides is 4. The molecule has 0 aliphatic heterocycles. The zero-order valence-corrected chi connectivity index (χ0v) is 29.2. The number of thiazole rings is 1. The Morgan fingerprint density at radius 2 is 1.47 bits per heavy atom. The largest absolute Gasteiger partial charge is 0.394 e. The number of guanidine groups is 1. The number of aliphatic imine (C=N–C) groups is 1. The predicted octanol–water partition coefficient (Wildman–Crippen LogP) is -0.138. The highest BCUT2D eigenvalue weighted by Crippen LogP contribution is 2.25. The van der Waals surface area contributed by atoms with E-state index in [4.69, 9.17) is 17.2 Å². The minimum atomic E-state index is -1.28. The molecule has 0 saturated carbocycles. The Kier molecular flexibility index (Phi) is 16.7. The first-order chi connectivity index (χ1) is 23.2. The Morgan fingerprint density at radius 1 is 0.857 bits per heavy atom. The van der Waals surface area contributed by atoms with Crippen molar-refractivity contribution in [1.82, 2.24) is 26.3 Å². The van der Waals surface area contributed by atoms with Crippen LogP contribution in [0, 0.1) is 5.92 Å². The number of carbonyl (C=O) groups is 6. The summed E-state index contributed by atoms with van der Waals surface area (Å²) in [5.74, 6) is -3.36. The number of unbranched alkanes of at least 4 members (excludes halogenated alkanes) is 1. The molecule has 1 aromatic heterocycles. The first-order valence-electron chi connectivity index (χ1n) is 16.2. The van der Waals surface area contributed by atoms with Crippen LogP contribution < -0.4 is 38.5 Å². The average molecular weight is 704 g/mol. The third kappa shape index (κ3) is 13.5. The monoisotopic (exact) mass is 703 g/mol. The summed E-state index contributed by atoms with van der Waals surface area (Å²) in [6.45, 7) is 6.23. The number of Topliss-reactive ketones (excluding diaryl/α,β-unsaturated/α-hetero) is 2. The van der Waals surface area contributed by atoms with Crippen LogP contribution in [0.15, 0.2) is 23.2 Å².